The Morgan fingerprint density at radius 3 is 2.90 bits per heavy atom. The molecule has 0 radical (unpaired) electrons. The molecule has 0 fully saturated rings. The molecule has 0 amide bonds. The number of methoxy groups -OCH3 is 2. The first-order chi connectivity index (χ1) is 10.2. The van der Waals surface area contributed by atoms with Crippen LogP contribution < -0.4 is 14.8 Å². The van der Waals surface area contributed by atoms with E-state index < -0.39 is 0 Å². The molecule has 1 aliphatic carbocycles. The van der Waals surface area contributed by atoms with Gasteiger partial charge in [0.2, 0.25) is 0 Å². The van der Waals surface area contributed by atoms with E-state index in [9.17, 15) is 0 Å². The van der Waals surface area contributed by atoms with Crippen molar-refractivity contribution in [2.75, 3.05) is 19.5 Å². The number of rotatable bonds is 4. The summed E-state index contributed by atoms with van der Waals surface area (Å²) in [6.07, 6.45) is 5.33. The molecule has 1 unspecified atom stereocenters. The average molecular weight is 287 g/mol. The van der Waals surface area contributed by atoms with Crippen LogP contribution in [0.5, 0.6) is 11.5 Å². The normalized spacial score (nSPS) is 17.2. The first-order valence-corrected chi connectivity index (χ1v) is 7.22. The van der Waals surface area contributed by atoms with Crippen molar-refractivity contribution < 1.29 is 9.47 Å². The highest BCUT2D eigenvalue weighted by Gasteiger charge is 2.24. The number of ether oxygens (including phenoxy) is 2. The van der Waals surface area contributed by atoms with Crippen molar-refractivity contribution in [3.05, 3.63) is 35.7 Å². The highest BCUT2D eigenvalue weighted by Crippen LogP contribution is 2.36. The summed E-state index contributed by atoms with van der Waals surface area (Å²) in [5.41, 5.74) is 3.56. The molecule has 1 aliphatic rings. The van der Waals surface area contributed by atoms with Gasteiger partial charge in [-0.05, 0) is 31.4 Å². The molecule has 1 aromatic carbocycles. The maximum Gasteiger partial charge on any atom is 0.142 e. The molecule has 3 rings (SSSR count). The lowest BCUT2D eigenvalue weighted by atomic mass is 9.93. The number of aromatic nitrogens is 2. The summed E-state index contributed by atoms with van der Waals surface area (Å²) in [4.78, 5) is 0. The van der Waals surface area contributed by atoms with Gasteiger partial charge >= 0.3 is 0 Å². The molecule has 5 heteroatoms. The second-order valence-corrected chi connectivity index (χ2v) is 5.33. The van der Waals surface area contributed by atoms with Crippen LogP contribution >= 0.6 is 0 Å². The van der Waals surface area contributed by atoms with E-state index in [1.165, 1.54) is 11.3 Å². The van der Waals surface area contributed by atoms with Crippen molar-refractivity contribution in [2.45, 2.75) is 25.3 Å². The summed E-state index contributed by atoms with van der Waals surface area (Å²) < 4.78 is 12.7. The van der Waals surface area contributed by atoms with Crippen LogP contribution in [-0.2, 0) is 13.5 Å². The van der Waals surface area contributed by atoms with Gasteiger partial charge in [0.25, 0.3) is 0 Å². The van der Waals surface area contributed by atoms with Crippen molar-refractivity contribution >= 4 is 5.69 Å². The predicted molar refractivity (Wildman–Crippen MR) is 82.1 cm³/mol. The fourth-order valence-electron chi connectivity index (χ4n) is 2.97. The van der Waals surface area contributed by atoms with E-state index >= 15 is 0 Å². The van der Waals surface area contributed by atoms with Crippen LogP contribution in [0.1, 0.15) is 30.1 Å². The molecule has 1 N–H and O–H groups in total. The second kappa shape index (κ2) is 5.68. The molecular formula is C16H21N3O2. The number of fused-ring (bicyclic) bond motifs is 1. The zero-order valence-electron chi connectivity index (χ0n) is 12.7. The number of anilines is 1. The van der Waals surface area contributed by atoms with E-state index in [4.69, 9.17) is 9.47 Å². The Morgan fingerprint density at radius 1 is 1.29 bits per heavy atom. The van der Waals surface area contributed by atoms with Crippen LogP contribution in [-0.4, -0.2) is 24.0 Å². The third-order valence-corrected chi connectivity index (χ3v) is 4.11. The van der Waals surface area contributed by atoms with Gasteiger partial charge in [0.1, 0.15) is 11.5 Å². The Hall–Kier alpha value is -2.17. The van der Waals surface area contributed by atoms with Crippen LogP contribution in [0.3, 0.4) is 0 Å². The Labute approximate surface area is 124 Å². The smallest absolute Gasteiger partial charge is 0.142 e. The minimum atomic E-state index is 0.267. The van der Waals surface area contributed by atoms with E-state index in [1.54, 1.807) is 14.2 Å². The first kappa shape index (κ1) is 13.8. The van der Waals surface area contributed by atoms with Gasteiger partial charge in [0.15, 0.2) is 0 Å². The van der Waals surface area contributed by atoms with Crippen LogP contribution in [0.2, 0.25) is 0 Å². The van der Waals surface area contributed by atoms with Crippen LogP contribution in [0.4, 0.5) is 5.69 Å². The Kier molecular flexibility index (Phi) is 3.73. The maximum atomic E-state index is 5.44. The van der Waals surface area contributed by atoms with Gasteiger partial charge in [-0.3, -0.25) is 4.68 Å². The van der Waals surface area contributed by atoms with Gasteiger partial charge in [-0.1, -0.05) is 0 Å². The zero-order chi connectivity index (χ0) is 14.8. The fraction of sp³-hybridized carbons (Fsp3) is 0.438. The van der Waals surface area contributed by atoms with Crippen molar-refractivity contribution in [3.8, 4) is 11.5 Å². The van der Waals surface area contributed by atoms with Crippen LogP contribution in [0, 0.1) is 0 Å². The Bertz CT molecular complexity index is 636. The third kappa shape index (κ3) is 2.55. The lowest BCUT2D eigenvalue weighted by molar-refractivity contribution is 0.404. The SMILES string of the molecule is COc1ccc(OC)c(NC2CCCc3c2cnn3C)c1. The van der Waals surface area contributed by atoms with Crippen molar-refractivity contribution in [2.24, 2.45) is 7.05 Å². The standard InChI is InChI=1S/C16H21N3O2/c1-19-15-6-4-5-13(12(15)10-17-19)18-14-9-11(20-2)7-8-16(14)21-3/h7-10,13,18H,4-6H2,1-3H3. The summed E-state index contributed by atoms with van der Waals surface area (Å²) in [5, 5.41) is 7.97. The average Bonchev–Trinajstić information content (AvgIpc) is 2.90. The lowest BCUT2D eigenvalue weighted by Crippen LogP contribution is -2.18. The quantitative estimate of drug-likeness (QED) is 0.939. The zero-order valence-corrected chi connectivity index (χ0v) is 12.7. The van der Waals surface area contributed by atoms with Gasteiger partial charge in [0.05, 0.1) is 32.1 Å². The maximum absolute atomic E-state index is 5.44. The van der Waals surface area contributed by atoms with E-state index in [0.29, 0.717) is 0 Å². The molecule has 112 valence electrons. The number of hydrogen-bond donors (Lipinski definition) is 1. The highest BCUT2D eigenvalue weighted by atomic mass is 16.5. The van der Waals surface area contributed by atoms with Gasteiger partial charge in [-0.2, -0.15) is 5.10 Å². The minimum Gasteiger partial charge on any atom is -0.497 e. The molecule has 1 heterocycles. The number of benzene rings is 1. The largest absolute Gasteiger partial charge is 0.497 e. The molecule has 1 atom stereocenters. The van der Waals surface area contributed by atoms with Crippen molar-refractivity contribution in [1.29, 1.82) is 0 Å². The summed E-state index contributed by atoms with van der Waals surface area (Å²) in [6, 6.07) is 6.07. The van der Waals surface area contributed by atoms with E-state index in [0.717, 1.165) is 36.4 Å². The van der Waals surface area contributed by atoms with E-state index in [2.05, 4.69) is 10.4 Å². The third-order valence-electron chi connectivity index (χ3n) is 4.11. The monoisotopic (exact) mass is 287 g/mol. The number of hydrogen-bond acceptors (Lipinski definition) is 4. The summed E-state index contributed by atoms with van der Waals surface area (Å²) in [6.45, 7) is 0. The summed E-state index contributed by atoms with van der Waals surface area (Å²) in [7, 11) is 5.36. The highest BCUT2D eigenvalue weighted by molar-refractivity contribution is 5.61. The van der Waals surface area contributed by atoms with E-state index in [-0.39, 0.29) is 6.04 Å². The van der Waals surface area contributed by atoms with Gasteiger partial charge in [-0.15, -0.1) is 0 Å². The first-order valence-electron chi connectivity index (χ1n) is 7.22. The minimum absolute atomic E-state index is 0.267. The van der Waals surface area contributed by atoms with Crippen molar-refractivity contribution in [3.63, 3.8) is 0 Å². The second-order valence-electron chi connectivity index (χ2n) is 5.33. The van der Waals surface area contributed by atoms with Crippen LogP contribution in [0.15, 0.2) is 24.4 Å². The van der Waals surface area contributed by atoms with Gasteiger partial charge in [-0.25, -0.2) is 0 Å². The number of nitrogens with zero attached hydrogens (tertiary/aromatic N) is 2. The molecule has 0 saturated carbocycles. The van der Waals surface area contributed by atoms with Gasteiger partial charge in [0, 0.05) is 24.4 Å². The molecule has 1 aromatic heterocycles. The summed E-state index contributed by atoms with van der Waals surface area (Å²) in [5.74, 6) is 1.65. The van der Waals surface area contributed by atoms with Crippen LogP contribution in [0.25, 0.3) is 0 Å². The van der Waals surface area contributed by atoms with Crippen molar-refractivity contribution in [1.82, 2.24) is 9.78 Å². The predicted octanol–water partition coefficient (Wildman–Crippen LogP) is 2.93. The molecule has 2 aromatic rings. The number of aryl methyl sites for hydroxylation is 1. The Balaban J connectivity index is 1.90. The molecular weight excluding hydrogens is 266 g/mol. The van der Waals surface area contributed by atoms with E-state index in [1.807, 2.05) is 36.1 Å². The Morgan fingerprint density at radius 2 is 2.14 bits per heavy atom. The summed E-state index contributed by atoms with van der Waals surface area (Å²) >= 11 is 0. The fourth-order valence-corrected chi connectivity index (χ4v) is 2.97. The molecule has 0 bridgehead atoms. The lowest BCUT2D eigenvalue weighted by Gasteiger charge is -2.25. The molecule has 5 nitrogen and oxygen atoms in total. The molecule has 0 spiro atoms. The number of nitrogens with one attached hydrogen (secondary N) is 1. The molecule has 21 heavy (non-hydrogen) atoms. The molecule has 0 saturated heterocycles. The molecule has 0 aliphatic heterocycles. The topological polar surface area (TPSA) is 48.3 Å². The van der Waals surface area contributed by atoms with Gasteiger partial charge < -0.3 is 14.8 Å².